The summed E-state index contributed by atoms with van der Waals surface area (Å²) >= 11 is 1.40. The number of para-hydroxylation sites is 2. The highest BCUT2D eigenvalue weighted by Crippen LogP contribution is 2.35. The summed E-state index contributed by atoms with van der Waals surface area (Å²) in [7, 11) is 0. The molecule has 0 N–H and O–H groups in total. The number of rotatable bonds is 4. The second-order valence-corrected chi connectivity index (χ2v) is 8.57. The van der Waals surface area contributed by atoms with Crippen LogP contribution in [0.4, 0.5) is 5.69 Å². The summed E-state index contributed by atoms with van der Waals surface area (Å²) in [5.41, 5.74) is 5.39. The molecule has 2 atom stereocenters. The van der Waals surface area contributed by atoms with E-state index in [1.54, 1.807) is 4.68 Å². The standard InChI is InChI=1S/C21H23N5OS/c1-13-8-7-9-14(2)19(13)26-21(22-23-24-26)28-16(4)20(27)25-15(3)12-17-10-5-6-11-18(17)25/h5-11,15-16H,12H2,1-4H3/t15-,16+/m0/s1. The molecule has 0 aliphatic carbocycles. The Morgan fingerprint density at radius 3 is 2.61 bits per heavy atom. The number of anilines is 1. The van der Waals surface area contributed by atoms with Crippen LogP contribution in [0.25, 0.3) is 5.69 Å². The summed E-state index contributed by atoms with van der Waals surface area (Å²) in [4.78, 5) is 15.2. The van der Waals surface area contributed by atoms with Crippen molar-refractivity contribution in [3.05, 3.63) is 59.2 Å². The van der Waals surface area contributed by atoms with Crippen molar-refractivity contribution in [2.24, 2.45) is 0 Å². The van der Waals surface area contributed by atoms with Gasteiger partial charge in [-0.05, 0) is 67.3 Å². The number of hydrogen-bond donors (Lipinski definition) is 0. The zero-order valence-electron chi connectivity index (χ0n) is 16.5. The number of benzene rings is 2. The van der Waals surface area contributed by atoms with Gasteiger partial charge in [0.15, 0.2) is 0 Å². The van der Waals surface area contributed by atoms with Gasteiger partial charge in [0.05, 0.1) is 10.9 Å². The maximum Gasteiger partial charge on any atom is 0.240 e. The van der Waals surface area contributed by atoms with E-state index in [9.17, 15) is 4.79 Å². The number of amides is 1. The maximum absolute atomic E-state index is 13.3. The number of aryl methyl sites for hydroxylation is 2. The minimum absolute atomic E-state index is 0.0819. The maximum atomic E-state index is 13.3. The molecule has 1 amide bonds. The van der Waals surface area contributed by atoms with E-state index in [4.69, 9.17) is 0 Å². The lowest BCUT2D eigenvalue weighted by Gasteiger charge is -2.25. The van der Waals surface area contributed by atoms with Crippen molar-refractivity contribution >= 4 is 23.4 Å². The first-order valence-corrected chi connectivity index (χ1v) is 10.3. The normalized spacial score (nSPS) is 16.9. The van der Waals surface area contributed by atoms with Gasteiger partial charge in [0.1, 0.15) is 0 Å². The molecule has 1 aliphatic rings. The summed E-state index contributed by atoms with van der Waals surface area (Å²) in [6, 6.07) is 14.4. The molecular formula is C21H23N5OS. The number of hydrogen-bond acceptors (Lipinski definition) is 5. The predicted molar refractivity (Wildman–Crippen MR) is 111 cm³/mol. The second kappa shape index (κ2) is 7.39. The fourth-order valence-corrected chi connectivity index (χ4v) is 4.68. The van der Waals surface area contributed by atoms with E-state index in [2.05, 4.69) is 28.5 Å². The molecule has 28 heavy (non-hydrogen) atoms. The molecule has 4 rings (SSSR count). The molecule has 0 spiro atoms. The Hall–Kier alpha value is -2.67. The molecule has 3 aromatic rings. The summed E-state index contributed by atoms with van der Waals surface area (Å²) < 4.78 is 1.74. The van der Waals surface area contributed by atoms with E-state index in [1.807, 2.05) is 62.1 Å². The van der Waals surface area contributed by atoms with Gasteiger partial charge in [-0.25, -0.2) is 0 Å². The highest BCUT2D eigenvalue weighted by atomic mass is 32.2. The van der Waals surface area contributed by atoms with Crippen LogP contribution in [0.3, 0.4) is 0 Å². The summed E-state index contributed by atoms with van der Waals surface area (Å²) in [5.74, 6) is 0.0819. The second-order valence-electron chi connectivity index (χ2n) is 7.26. The number of carbonyl (C=O) groups excluding carboxylic acids is 1. The summed E-state index contributed by atoms with van der Waals surface area (Å²) in [5, 5.41) is 12.5. The number of thioether (sulfide) groups is 1. The molecule has 7 heteroatoms. The molecule has 1 aromatic heterocycles. The third-order valence-corrected chi connectivity index (χ3v) is 6.19. The molecule has 2 heterocycles. The van der Waals surface area contributed by atoms with Crippen LogP contribution in [0, 0.1) is 13.8 Å². The van der Waals surface area contributed by atoms with Crippen molar-refractivity contribution in [3.63, 3.8) is 0 Å². The van der Waals surface area contributed by atoms with Gasteiger partial charge in [0, 0.05) is 11.7 Å². The molecular weight excluding hydrogens is 370 g/mol. The van der Waals surface area contributed by atoms with E-state index >= 15 is 0 Å². The van der Waals surface area contributed by atoms with Crippen LogP contribution in [0.15, 0.2) is 47.6 Å². The minimum Gasteiger partial charge on any atom is -0.308 e. The van der Waals surface area contributed by atoms with Gasteiger partial charge in [0.25, 0.3) is 0 Å². The topological polar surface area (TPSA) is 63.9 Å². The Labute approximate surface area is 168 Å². The van der Waals surface area contributed by atoms with Crippen LogP contribution in [0.1, 0.15) is 30.5 Å². The fourth-order valence-electron chi connectivity index (χ4n) is 3.84. The van der Waals surface area contributed by atoms with E-state index in [-0.39, 0.29) is 17.2 Å². The van der Waals surface area contributed by atoms with Crippen molar-refractivity contribution in [2.75, 3.05) is 4.90 Å². The van der Waals surface area contributed by atoms with Crippen LogP contribution in [-0.2, 0) is 11.2 Å². The molecule has 0 bridgehead atoms. The summed E-state index contributed by atoms with van der Waals surface area (Å²) in [6.45, 7) is 8.09. The van der Waals surface area contributed by atoms with Crippen molar-refractivity contribution < 1.29 is 4.79 Å². The highest BCUT2D eigenvalue weighted by Gasteiger charge is 2.34. The number of nitrogens with zero attached hydrogens (tertiary/aromatic N) is 5. The number of tetrazole rings is 1. The molecule has 2 aromatic carbocycles. The van der Waals surface area contributed by atoms with Crippen LogP contribution in [0.2, 0.25) is 0 Å². The average Bonchev–Trinajstić information content (AvgIpc) is 3.24. The van der Waals surface area contributed by atoms with Gasteiger partial charge in [-0.2, -0.15) is 4.68 Å². The van der Waals surface area contributed by atoms with Crippen LogP contribution < -0.4 is 4.90 Å². The molecule has 0 fully saturated rings. The van der Waals surface area contributed by atoms with E-state index in [0.29, 0.717) is 5.16 Å². The molecule has 6 nitrogen and oxygen atoms in total. The first-order chi connectivity index (χ1) is 13.5. The van der Waals surface area contributed by atoms with Crippen molar-refractivity contribution in [2.45, 2.75) is 50.6 Å². The fraction of sp³-hybridized carbons (Fsp3) is 0.333. The lowest BCUT2D eigenvalue weighted by molar-refractivity contribution is -0.118. The smallest absolute Gasteiger partial charge is 0.240 e. The lowest BCUT2D eigenvalue weighted by atomic mass is 10.1. The third kappa shape index (κ3) is 3.20. The molecule has 1 aliphatic heterocycles. The minimum atomic E-state index is -0.303. The largest absolute Gasteiger partial charge is 0.308 e. The Bertz CT molecular complexity index is 1010. The van der Waals surface area contributed by atoms with Crippen molar-refractivity contribution in [1.82, 2.24) is 20.2 Å². The van der Waals surface area contributed by atoms with Crippen molar-refractivity contribution in [3.8, 4) is 5.69 Å². The van der Waals surface area contributed by atoms with Gasteiger partial charge < -0.3 is 4.90 Å². The summed E-state index contributed by atoms with van der Waals surface area (Å²) in [6.07, 6.45) is 0.888. The first-order valence-electron chi connectivity index (χ1n) is 9.40. The Morgan fingerprint density at radius 1 is 1.14 bits per heavy atom. The molecule has 0 saturated heterocycles. The van der Waals surface area contributed by atoms with Gasteiger partial charge in [0.2, 0.25) is 11.1 Å². The average molecular weight is 394 g/mol. The van der Waals surface area contributed by atoms with Gasteiger partial charge in [-0.3, -0.25) is 4.79 Å². The van der Waals surface area contributed by atoms with Gasteiger partial charge >= 0.3 is 0 Å². The third-order valence-electron chi connectivity index (χ3n) is 5.17. The predicted octanol–water partition coefficient (Wildman–Crippen LogP) is 3.74. The van der Waals surface area contributed by atoms with Gasteiger partial charge in [-0.1, -0.05) is 48.2 Å². The van der Waals surface area contributed by atoms with Crippen LogP contribution >= 0.6 is 11.8 Å². The van der Waals surface area contributed by atoms with E-state index in [0.717, 1.165) is 28.9 Å². The Morgan fingerprint density at radius 2 is 1.86 bits per heavy atom. The molecule has 0 radical (unpaired) electrons. The number of carbonyl (C=O) groups is 1. The van der Waals surface area contributed by atoms with Crippen LogP contribution in [0.5, 0.6) is 0 Å². The van der Waals surface area contributed by atoms with Crippen molar-refractivity contribution in [1.29, 1.82) is 0 Å². The van der Waals surface area contributed by atoms with Crippen LogP contribution in [-0.4, -0.2) is 37.4 Å². The Balaban J connectivity index is 1.60. The molecule has 0 saturated carbocycles. The quantitative estimate of drug-likeness (QED) is 0.632. The first kappa shape index (κ1) is 18.7. The monoisotopic (exact) mass is 393 g/mol. The molecule has 144 valence electrons. The zero-order valence-corrected chi connectivity index (χ0v) is 17.3. The Kier molecular flexibility index (Phi) is 4.93. The number of aromatic nitrogens is 4. The molecule has 0 unspecified atom stereocenters. The van der Waals surface area contributed by atoms with Gasteiger partial charge in [-0.15, -0.1) is 5.10 Å². The van der Waals surface area contributed by atoms with E-state index in [1.165, 1.54) is 17.3 Å². The lowest BCUT2D eigenvalue weighted by Crippen LogP contribution is -2.40. The zero-order chi connectivity index (χ0) is 19.8. The number of fused-ring (bicyclic) bond motifs is 1. The van der Waals surface area contributed by atoms with E-state index < -0.39 is 0 Å². The highest BCUT2D eigenvalue weighted by molar-refractivity contribution is 8.00. The SMILES string of the molecule is Cc1cccc(C)c1-n1nnnc1S[C@H](C)C(=O)N1c2ccccc2C[C@@H]1C.